The van der Waals surface area contributed by atoms with Crippen LogP contribution in [0.5, 0.6) is 0 Å². The van der Waals surface area contributed by atoms with Crippen molar-refractivity contribution in [1.82, 2.24) is 0 Å². The highest BCUT2D eigenvalue weighted by Gasteiger charge is 2.23. The molecule has 0 aliphatic rings. The Hall–Kier alpha value is -10.8. The third-order valence-corrected chi connectivity index (χ3v) is 13.2. The summed E-state index contributed by atoms with van der Waals surface area (Å²) in [5.41, 5.74) is -10.9. The van der Waals surface area contributed by atoms with E-state index >= 15 is 0 Å². The van der Waals surface area contributed by atoms with E-state index in [-0.39, 0.29) is 0 Å². The van der Waals surface area contributed by atoms with Crippen molar-refractivity contribution >= 4 is 97.7 Å². The molecule has 0 aliphatic heterocycles. The first-order chi connectivity index (χ1) is 61.5. The third-order valence-electron chi connectivity index (χ3n) is 13.2. The molecule has 0 aliphatic carbocycles. The number of benzene rings is 15. The molecule has 2 heteroatoms. The van der Waals surface area contributed by atoms with Crippen molar-refractivity contribution in [3.8, 4) is 66.8 Å². The van der Waals surface area contributed by atoms with Crippen LogP contribution in [0, 0.1) is 0 Å². The Morgan fingerprint density at radius 2 is 0.463 bits per heavy atom. The summed E-state index contributed by atoms with van der Waals surface area (Å²) < 4.78 is 455. The SMILES string of the molecule is [2H]c1c([2H])c([2H])c(-c2c([2H])c([2H])c(-c3c([2H])c([2H])c(-c4c5c([2H])c([2H])c([2H])c([2H])c5c(-c5c([2H])c([2H])c([2H])c6oc7c([2H])c([2H])c([2H])c([2H])c7c56)c5c([2H])c([2H])c([2H])c([2H])c45)c([2H])c3[2H])c([2H])c2[2H])c([2H])c1[2H].[2H]c1c([2H])c([2H])c2c(oc3c([2H])c([2H])c([2H])c(-c4c5c([2H])c([2H])c([2H])c([2H])c5c(-c5c([2H])c([2H])c([2H])c6c([2H])c([2H])c([2H])c([2H])c56)c5c([2H])c([2H])c([2H])c([2H])c45)c32)c1[2H]. The van der Waals surface area contributed by atoms with Crippen molar-refractivity contribution in [3.05, 3.63) is 302 Å². The van der Waals surface area contributed by atoms with Gasteiger partial charge in [-0.15, -0.1) is 0 Å². The molecule has 0 saturated heterocycles. The van der Waals surface area contributed by atoms with E-state index in [2.05, 4.69) is 0 Å². The summed E-state index contributed by atoms with van der Waals surface area (Å²) in [6, 6.07) is -45.3. The normalized spacial score (nSPS) is 20.2. The van der Waals surface area contributed by atoms with Crippen LogP contribution in [-0.2, 0) is 0 Å². The lowest BCUT2D eigenvalue weighted by atomic mass is 9.84. The van der Waals surface area contributed by atoms with E-state index in [1.54, 1.807) is 0 Å². The summed E-state index contributed by atoms with van der Waals surface area (Å²) in [4.78, 5) is 0. The van der Waals surface area contributed by atoms with Crippen LogP contribution >= 0.6 is 0 Å². The molecule has 2 nitrogen and oxygen atoms in total. The first-order valence-corrected chi connectivity index (χ1v) is 24.1. The van der Waals surface area contributed by atoms with Crippen LogP contribution in [0.3, 0.4) is 0 Å². The van der Waals surface area contributed by atoms with Gasteiger partial charge in [0.15, 0.2) is 0 Å². The Morgan fingerprint density at radius 3 is 0.902 bits per heavy atom. The minimum absolute atomic E-state index is 0.421. The van der Waals surface area contributed by atoms with Crippen molar-refractivity contribution in [2.24, 2.45) is 0 Å². The molecule has 382 valence electrons. The van der Waals surface area contributed by atoms with E-state index in [4.69, 9.17) is 56.8 Å². The molecule has 2 aromatic heterocycles. The van der Waals surface area contributed by atoms with Crippen molar-refractivity contribution in [3.63, 3.8) is 0 Å². The quantitative estimate of drug-likeness (QED) is 0.155. The van der Waals surface area contributed by atoms with E-state index in [0.29, 0.717) is 0 Å². The van der Waals surface area contributed by atoms with Gasteiger partial charge in [-0.25, -0.2) is 0 Å². The van der Waals surface area contributed by atoms with E-state index in [9.17, 15) is 20.6 Å². The zero-order valence-corrected chi connectivity index (χ0v) is 40.8. The third kappa shape index (κ3) is 7.72. The largest absolute Gasteiger partial charge is 0.456 e. The lowest BCUT2D eigenvalue weighted by molar-refractivity contribution is 0.668. The lowest BCUT2D eigenvalue weighted by Gasteiger charge is -2.19. The average Bonchev–Trinajstić information content (AvgIpc) is 0.988. The fraction of sp³-hybridized carbons (Fsp3) is 0. The second-order valence-corrected chi connectivity index (χ2v) is 17.5. The molecule has 0 saturated carbocycles. The fourth-order valence-corrected chi connectivity index (χ4v) is 9.84. The highest BCUT2D eigenvalue weighted by atomic mass is 16.3. The van der Waals surface area contributed by atoms with E-state index in [1.165, 1.54) is 0 Å². The number of hydrogen-bond donors (Lipinski definition) is 0. The highest BCUT2D eigenvalue weighted by Crippen LogP contribution is 2.50. The highest BCUT2D eigenvalue weighted by molar-refractivity contribution is 6.28. The van der Waals surface area contributed by atoms with Crippen molar-refractivity contribution < 1.29 is 77.4 Å². The summed E-state index contributed by atoms with van der Waals surface area (Å²) >= 11 is 0. The van der Waals surface area contributed by atoms with Gasteiger partial charge in [-0.05, 0) is 145 Å². The number of rotatable bonds is 6. The topological polar surface area (TPSA) is 26.3 Å². The number of furan rings is 2. The van der Waals surface area contributed by atoms with E-state index < -0.39 is 467 Å². The standard InChI is InChI=1S/C44H28O.C36H22O/c1-2-11-29(12-3-1)30-21-23-31(24-22-30)32-25-27-33(28-26-32)42-34-13-4-6-15-36(34)43(37-16-7-5-14-35(37)42)39-18-10-20-41-44(39)38-17-8-9-19-40(38)45-41;1-2-13-24-23(11-1)12-9-19-25(24)34-26-14-3-5-16-28(26)35(29-17-6-4-15-27(29)34)31-20-10-22-33-36(31)30-18-7-8-21-32(30)37-33/h1-28H;1-22H/i1D,2D,3D,4D,5D,6D,7D,8D,9D,10D,11D,12D,13D,14D,15D,16D,17D,18D,19D,20D,21D,22D,23D,24D,25D,26D,27D,28D;1D,2D,3D,4D,5D,6D,7D,8D,9D,10D,11D,12D,13D,14D,15D,16D,17D,18D,19D,20D,21D,22D. The van der Waals surface area contributed by atoms with Crippen LogP contribution in [0.2, 0.25) is 0 Å². The van der Waals surface area contributed by atoms with Gasteiger partial charge < -0.3 is 8.83 Å². The zero-order chi connectivity index (χ0) is 97.6. The Labute approximate surface area is 544 Å². The summed E-state index contributed by atoms with van der Waals surface area (Å²) in [6.45, 7) is 0. The molecule has 0 N–H and O–H groups in total. The molecule has 0 unspecified atom stereocenters. The summed E-state index contributed by atoms with van der Waals surface area (Å²) in [5.74, 6) is 0. The van der Waals surface area contributed by atoms with E-state index in [1.807, 2.05) is 0 Å². The summed E-state index contributed by atoms with van der Waals surface area (Å²) in [7, 11) is 0. The van der Waals surface area contributed by atoms with Crippen LogP contribution in [0.4, 0.5) is 0 Å². The van der Waals surface area contributed by atoms with Gasteiger partial charge >= 0.3 is 0 Å². The van der Waals surface area contributed by atoms with Gasteiger partial charge in [0.2, 0.25) is 0 Å². The molecule has 0 atom stereocenters. The maximum atomic E-state index is 9.50. The predicted octanol–water partition coefficient (Wildman–Crippen LogP) is 22.9. The fourth-order valence-electron chi connectivity index (χ4n) is 9.84. The smallest absolute Gasteiger partial charge is 0.136 e. The van der Waals surface area contributed by atoms with Crippen LogP contribution in [-0.4, -0.2) is 0 Å². The van der Waals surface area contributed by atoms with Gasteiger partial charge in [0.05, 0.1) is 68.5 Å². The summed E-state index contributed by atoms with van der Waals surface area (Å²) in [5, 5.41) is -8.41. The van der Waals surface area contributed by atoms with Crippen LogP contribution in [0.25, 0.3) is 165 Å². The number of hydrogen-bond acceptors (Lipinski definition) is 2. The maximum Gasteiger partial charge on any atom is 0.136 e. The molecule has 0 spiro atoms. The van der Waals surface area contributed by atoms with Gasteiger partial charge in [0.1, 0.15) is 22.3 Å². The minimum atomic E-state index is -1.12. The molecule has 0 amide bonds. The monoisotopic (exact) mass is 1090 g/mol. The first kappa shape index (κ1) is 18.9. The first-order valence-electron chi connectivity index (χ1n) is 49.1. The van der Waals surface area contributed by atoms with Gasteiger partial charge in [0.25, 0.3) is 0 Å². The molecule has 82 heavy (non-hydrogen) atoms. The maximum absolute atomic E-state index is 9.50. The lowest BCUT2D eigenvalue weighted by Crippen LogP contribution is -1.92. The van der Waals surface area contributed by atoms with Gasteiger partial charge in [-0.3, -0.25) is 0 Å². The molecular weight excluding hydrogens is 993 g/mol. The van der Waals surface area contributed by atoms with Crippen LogP contribution in [0.15, 0.2) is 311 Å². The molecule has 17 aromatic rings. The second kappa shape index (κ2) is 19.5. The van der Waals surface area contributed by atoms with Gasteiger partial charge in [-0.1, -0.05) is 278 Å². The Balaban J connectivity index is 0.000000197. The molecule has 0 bridgehead atoms. The number of para-hydroxylation sites is 2. The molecule has 0 fully saturated rings. The average molecular weight is 1090 g/mol. The van der Waals surface area contributed by atoms with Gasteiger partial charge in [-0.2, -0.15) is 0 Å². The van der Waals surface area contributed by atoms with Crippen LogP contribution < -0.4 is 0 Å². The van der Waals surface area contributed by atoms with Crippen LogP contribution in [0.1, 0.15) is 68.5 Å². The summed E-state index contributed by atoms with van der Waals surface area (Å²) in [6.07, 6.45) is 0. The van der Waals surface area contributed by atoms with Crippen molar-refractivity contribution in [2.45, 2.75) is 0 Å². The van der Waals surface area contributed by atoms with Gasteiger partial charge in [0, 0.05) is 21.5 Å². The van der Waals surface area contributed by atoms with Crippen molar-refractivity contribution in [2.75, 3.05) is 0 Å². The Bertz CT molecular complexity index is 8180. The minimum Gasteiger partial charge on any atom is -0.456 e. The number of fused-ring (bicyclic) bond motifs is 11. The molecule has 0 radical (unpaired) electrons. The zero-order valence-electron chi connectivity index (χ0n) is 90.8. The van der Waals surface area contributed by atoms with E-state index in [0.717, 1.165) is 0 Å². The molecule has 2 heterocycles. The molecular formula is C80H50O2. The predicted molar refractivity (Wildman–Crippen MR) is 348 cm³/mol. The Morgan fingerprint density at radius 1 is 0.183 bits per heavy atom. The Kier molecular flexibility index (Phi) is 4.50. The van der Waals surface area contributed by atoms with Crippen molar-refractivity contribution in [1.29, 1.82) is 0 Å². The molecule has 17 rings (SSSR count). The second-order valence-electron chi connectivity index (χ2n) is 17.5. The molecule has 15 aromatic carbocycles.